The van der Waals surface area contributed by atoms with Crippen molar-refractivity contribution in [1.29, 1.82) is 0 Å². The Labute approximate surface area is 141 Å². The monoisotopic (exact) mass is 336 g/mol. The lowest BCUT2D eigenvalue weighted by Crippen LogP contribution is -2.39. The lowest BCUT2D eigenvalue weighted by atomic mass is 10.2. The summed E-state index contributed by atoms with van der Waals surface area (Å²) in [7, 11) is 1.46. The molecule has 0 radical (unpaired) electrons. The van der Waals surface area contributed by atoms with Crippen LogP contribution in [0.1, 0.15) is 31.1 Å². The van der Waals surface area contributed by atoms with Crippen LogP contribution in [0.2, 0.25) is 0 Å². The summed E-state index contributed by atoms with van der Waals surface area (Å²) in [5.74, 6) is -0.804. The molecule has 0 aliphatic rings. The first-order valence-electron chi connectivity index (χ1n) is 7.73. The molecule has 0 saturated carbocycles. The zero-order valence-electron chi connectivity index (χ0n) is 14.4. The number of carbonyl (C=O) groups excluding carboxylic acids is 3. The van der Waals surface area contributed by atoms with Crippen molar-refractivity contribution in [2.75, 3.05) is 20.2 Å². The predicted octanol–water partition coefficient (Wildman–Crippen LogP) is 1.13. The van der Waals surface area contributed by atoms with Gasteiger partial charge in [-0.1, -0.05) is 26.0 Å². The molecule has 0 aliphatic heterocycles. The fourth-order valence-corrected chi connectivity index (χ4v) is 1.82. The second-order valence-electron chi connectivity index (χ2n) is 5.65. The van der Waals surface area contributed by atoms with Gasteiger partial charge in [-0.3, -0.25) is 14.4 Å². The van der Waals surface area contributed by atoms with Gasteiger partial charge in [0.2, 0.25) is 0 Å². The van der Waals surface area contributed by atoms with E-state index in [1.807, 2.05) is 13.8 Å². The third-order valence-electron chi connectivity index (χ3n) is 3.11. The van der Waals surface area contributed by atoms with Gasteiger partial charge in [0.25, 0.3) is 11.8 Å². The van der Waals surface area contributed by atoms with Gasteiger partial charge in [-0.15, -0.1) is 0 Å². The van der Waals surface area contributed by atoms with Gasteiger partial charge in [-0.05, 0) is 25.0 Å². The van der Waals surface area contributed by atoms with E-state index in [0.717, 1.165) is 0 Å². The first-order valence-corrected chi connectivity index (χ1v) is 7.73. The second-order valence-corrected chi connectivity index (χ2v) is 5.65. The molecular formula is C17H24N2O5. The molecule has 0 fully saturated rings. The average Bonchev–Trinajstić information content (AvgIpc) is 2.57. The van der Waals surface area contributed by atoms with Gasteiger partial charge in [0, 0.05) is 6.54 Å². The van der Waals surface area contributed by atoms with E-state index < -0.39 is 18.0 Å². The molecule has 0 spiro atoms. The van der Waals surface area contributed by atoms with Gasteiger partial charge < -0.3 is 20.1 Å². The third-order valence-corrected chi connectivity index (χ3v) is 3.11. The fourth-order valence-electron chi connectivity index (χ4n) is 1.82. The summed E-state index contributed by atoms with van der Waals surface area (Å²) in [4.78, 5) is 35.5. The van der Waals surface area contributed by atoms with Crippen LogP contribution in [0.25, 0.3) is 0 Å². The lowest BCUT2D eigenvalue weighted by molar-refractivity contribution is -0.153. The van der Waals surface area contributed by atoms with Gasteiger partial charge in [-0.2, -0.15) is 0 Å². The van der Waals surface area contributed by atoms with Crippen LogP contribution >= 0.6 is 0 Å². The summed E-state index contributed by atoms with van der Waals surface area (Å²) < 4.78 is 10.1. The van der Waals surface area contributed by atoms with Gasteiger partial charge in [-0.25, -0.2) is 0 Å². The molecule has 0 unspecified atom stereocenters. The quantitative estimate of drug-likeness (QED) is 0.694. The van der Waals surface area contributed by atoms with Crippen LogP contribution in [-0.2, 0) is 14.3 Å². The van der Waals surface area contributed by atoms with Crippen molar-refractivity contribution in [3.8, 4) is 5.75 Å². The number of para-hydroxylation sites is 1. The number of methoxy groups -OCH3 is 1. The SMILES string of the molecule is COc1ccccc1C(=O)NCC(=O)O[C@H](C)C(=O)NCC(C)C. The third kappa shape index (κ3) is 6.28. The van der Waals surface area contributed by atoms with Crippen LogP contribution in [0.3, 0.4) is 0 Å². The molecule has 132 valence electrons. The highest BCUT2D eigenvalue weighted by Crippen LogP contribution is 2.16. The van der Waals surface area contributed by atoms with E-state index >= 15 is 0 Å². The molecule has 0 bridgehead atoms. The maximum atomic E-state index is 12.0. The summed E-state index contributed by atoms with van der Waals surface area (Å²) in [6.45, 7) is 5.58. The maximum absolute atomic E-state index is 12.0. The van der Waals surface area contributed by atoms with E-state index in [9.17, 15) is 14.4 Å². The summed E-state index contributed by atoms with van der Waals surface area (Å²) in [6.07, 6.45) is -0.917. The van der Waals surface area contributed by atoms with E-state index in [1.165, 1.54) is 14.0 Å². The number of benzene rings is 1. The Morgan fingerprint density at radius 3 is 2.38 bits per heavy atom. The van der Waals surface area contributed by atoms with Gasteiger partial charge in [0.05, 0.1) is 12.7 Å². The molecule has 7 heteroatoms. The molecule has 1 atom stereocenters. The molecule has 2 N–H and O–H groups in total. The Balaban J connectivity index is 2.45. The normalized spacial score (nSPS) is 11.5. The topological polar surface area (TPSA) is 93.7 Å². The maximum Gasteiger partial charge on any atom is 0.326 e. The number of ether oxygens (including phenoxy) is 2. The molecule has 7 nitrogen and oxygen atoms in total. The number of esters is 1. The minimum atomic E-state index is -0.917. The Kier molecular flexibility index (Phi) is 7.74. The van der Waals surface area contributed by atoms with Crippen molar-refractivity contribution in [2.24, 2.45) is 5.92 Å². The van der Waals surface area contributed by atoms with Crippen LogP contribution in [0.15, 0.2) is 24.3 Å². The highest BCUT2D eigenvalue weighted by Gasteiger charge is 2.19. The van der Waals surface area contributed by atoms with Crippen molar-refractivity contribution >= 4 is 17.8 Å². The van der Waals surface area contributed by atoms with E-state index in [0.29, 0.717) is 23.8 Å². The van der Waals surface area contributed by atoms with Crippen molar-refractivity contribution in [2.45, 2.75) is 26.9 Å². The highest BCUT2D eigenvalue weighted by atomic mass is 16.5. The first kappa shape index (κ1) is 19.5. The smallest absolute Gasteiger partial charge is 0.326 e. The number of amides is 2. The summed E-state index contributed by atoms with van der Waals surface area (Å²) in [6, 6.07) is 6.66. The first-order chi connectivity index (χ1) is 11.3. The number of nitrogens with one attached hydrogen (secondary N) is 2. The number of carbonyl (C=O) groups is 3. The molecule has 0 aliphatic carbocycles. The van der Waals surface area contributed by atoms with E-state index in [-0.39, 0.29) is 12.5 Å². The predicted molar refractivity (Wildman–Crippen MR) is 88.7 cm³/mol. The zero-order valence-corrected chi connectivity index (χ0v) is 14.4. The molecule has 0 heterocycles. The van der Waals surface area contributed by atoms with Crippen LogP contribution in [-0.4, -0.2) is 44.1 Å². The van der Waals surface area contributed by atoms with Crippen LogP contribution in [0.5, 0.6) is 5.75 Å². The molecule has 2 amide bonds. The van der Waals surface area contributed by atoms with Crippen molar-refractivity contribution < 1.29 is 23.9 Å². The Hall–Kier alpha value is -2.57. The summed E-state index contributed by atoms with van der Waals surface area (Å²) in [5.41, 5.74) is 0.315. The Bertz CT molecular complexity index is 586. The molecule has 0 saturated heterocycles. The summed E-state index contributed by atoms with van der Waals surface area (Å²) in [5, 5.41) is 5.12. The number of hydrogen-bond donors (Lipinski definition) is 2. The van der Waals surface area contributed by atoms with Crippen molar-refractivity contribution in [1.82, 2.24) is 10.6 Å². The standard InChI is InChI=1S/C17H24N2O5/c1-11(2)9-18-16(21)12(3)24-15(20)10-19-17(22)13-7-5-6-8-14(13)23-4/h5-8,11-12H,9-10H2,1-4H3,(H,18,21)(H,19,22)/t12-/m1/s1. The van der Waals surface area contributed by atoms with Crippen LogP contribution < -0.4 is 15.4 Å². The molecular weight excluding hydrogens is 312 g/mol. The van der Waals surface area contributed by atoms with Crippen LogP contribution in [0.4, 0.5) is 0 Å². The van der Waals surface area contributed by atoms with E-state index in [1.54, 1.807) is 24.3 Å². The highest BCUT2D eigenvalue weighted by molar-refractivity contribution is 5.98. The second kappa shape index (κ2) is 9.54. The summed E-state index contributed by atoms with van der Waals surface area (Å²) >= 11 is 0. The van der Waals surface area contributed by atoms with Crippen molar-refractivity contribution in [3.05, 3.63) is 29.8 Å². The van der Waals surface area contributed by atoms with E-state index in [4.69, 9.17) is 9.47 Å². The van der Waals surface area contributed by atoms with Crippen molar-refractivity contribution in [3.63, 3.8) is 0 Å². The average molecular weight is 336 g/mol. The van der Waals surface area contributed by atoms with Crippen LogP contribution in [0, 0.1) is 5.92 Å². The van der Waals surface area contributed by atoms with Gasteiger partial charge in [0.15, 0.2) is 6.10 Å². The molecule has 1 rings (SSSR count). The zero-order chi connectivity index (χ0) is 18.1. The minimum absolute atomic E-state index is 0.303. The lowest BCUT2D eigenvalue weighted by Gasteiger charge is -2.15. The molecule has 0 aromatic heterocycles. The van der Waals surface area contributed by atoms with Gasteiger partial charge >= 0.3 is 5.97 Å². The molecule has 1 aromatic rings. The fraction of sp³-hybridized carbons (Fsp3) is 0.471. The largest absolute Gasteiger partial charge is 0.496 e. The minimum Gasteiger partial charge on any atom is -0.496 e. The Morgan fingerprint density at radius 1 is 1.08 bits per heavy atom. The number of hydrogen-bond acceptors (Lipinski definition) is 5. The van der Waals surface area contributed by atoms with Gasteiger partial charge in [0.1, 0.15) is 12.3 Å². The Morgan fingerprint density at radius 2 is 1.75 bits per heavy atom. The molecule has 1 aromatic carbocycles. The van der Waals surface area contributed by atoms with E-state index in [2.05, 4.69) is 10.6 Å². The number of rotatable bonds is 8. The molecule has 24 heavy (non-hydrogen) atoms.